The summed E-state index contributed by atoms with van der Waals surface area (Å²) in [6.07, 6.45) is 9.75. The first-order valence-corrected chi connectivity index (χ1v) is 7.31. The highest BCUT2D eigenvalue weighted by Crippen LogP contribution is 2.22. The van der Waals surface area contributed by atoms with Crippen molar-refractivity contribution >= 4 is 17.0 Å². The van der Waals surface area contributed by atoms with E-state index < -0.39 is 0 Å². The Bertz CT molecular complexity index is 643. The number of aryl methyl sites for hydroxylation is 1. The third-order valence-electron chi connectivity index (χ3n) is 3.80. The molecule has 1 fully saturated rings. The van der Waals surface area contributed by atoms with Crippen LogP contribution in [0.5, 0.6) is 0 Å². The molecule has 3 rings (SSSR count). The maximum atomic E-state index is 4.36. The minimum absolute atomic E-state index is 0.529. The van der Waals surface area contributed by atoms with Gasteiger partial charge in [0.2, 0.25) is 0 Å². The van der Waals surface area contributed by atoms with E-state index in [1.807, 2.05) is 4.57 Å². The second-order valence-electron chi connectivity index (χ2n) is 5.15. The molecule has 0 unspecified atom stereocenters. The van der Waals surface area contributed by atoms with Crippen LogP contribution in [-0.4, -0.2) is 19.5 Å². The smallest absolute Gasteiger partial charge is 0.169 e. The molecule has 104 valence electrons. The summed E-state index contributed by atoms with van der Waals surface area (Å²) in [6, 6.07) is 3.05. The van der Waals surface area contributed by atoms with Crippen molar-refractivity contribution < 1.29 is 0 Å². The van der Waals surface area contributed by atoms with Crippen molar-refractivity contribution in [2.24, 2.45) is 5.92 Å². The molecule has 2 heterocycles. The Morgan fingerprint density at radius 1 is 1.25 bits per heavy atom. The van der Waals surface area contributed by atoms with Gasteiger partial charge in [0, 0.05) is 18.5 Å². The van der Waals surface area contributed by atoms with E-state index in [1.54, 1.807) is 12.7 Å². The van der Waals surface area contributed by atoms with E-state index >= 15 is 0 Å². The molecular formula is C15H19N5. The summed E-state index contributed by atoms with van der Waals surface area (Å²) < 4.78 is 2.00. The lowest BCUT2D eigenvalue weighted by Gasteiger charge is -2.15. The van der Waals surface area contributed by atoms with Gasteiger partial charge < -0.3 is 4.57 Å². The highest BCUT2D eigenvalue weighted by atomic mass is 15.1. The van der Waals surface area contributed by atoms with Crippen molar-refractivity contribution in [3.63, 3.8) is 0 Å². The van der Waals surface area contributed by atoms with Crippen molar-refractivity contribution in [1.82, 2.24) is 19.5 Å². The van der Waals surface area contributed by atoms with E-state index in [2.05, 4.69) is 39.2 Å². The number of hydrogen-bond acceptors (Lipinski definition) is 4. The lowest BCUT2D eigenvalue weighted by atomic mass is 9.90. The predicted molar refractivity (Wildman–Crippen MR) is 79.0 cm³/mol. The van der Waals surface area contributed by atoms with Gasteiger partial charge in [-0.1, -0.05) is 25.2 Å². The number of fused-ring (bicyclic) bond motifs is 1. The molecule has 5 nitrogen and oxygen atoms in total. The number of hydrogen-bond donors (Lipinski definition) is 1. The number of nitrogens with zero attached hydrogens (tertiary/aromatic N) is 4. The summed E-state index contributed by atoms with van der Waals surface area (Å²) in [6.45, 7) is 2.92. The lowest BCUT2D eigenvalue weighted by Crippen LogP contribution is -2.04. The van der Waals surface area contributed by atoms with Gasteiger partial charge in [-0.2, -0.15) is 0 Å². The van der Waals surface area contributed by atoms with Crippen LogP contribution in [0.4, 0.5) is 5.82 Å². The maximum absolute atomic E-state index is 4.36. The first-order valence-electron chi connectivity index (χ1n) is 7.31. The summed E-state index contributed by atoms with van der Waals surface area (Å²) in [5, 5.41) is 3.08. The molecule has 0 saturated heterocycles. The summed E-state index contributed by atoms with van der Waals surface area (Å²) in [5.41, 5.74) is 1.64. The van der Waals surface area contributed by atoms with Gasteiger partial charge in [-0.05, 0) is 19.8 Å². The van der Waals surface area contributed by atoms with Crippen molar-refractivity contribution in [2.45, 2.75) is 45.6 Å². The SMILES string of the molecule is CCn1cnc2c(NC#CC3CCCCC3)ncnc21. The second-order valence-corrected chi connectivity index (χ2v) is 5.15. The number of aromatic nitrogens is 4. The standard InChI is InChI=1S/C15H19N5/c1-2-20-11-19-13-14(17-10-18-15(13)20)16-9-8-12-6-4-3-5-7-12/h10-12H,2-7H2,1H3,(H,16,17,18). The molecule has 1 aliphatic carbocycles. The average Bonchev–Trinajstić information content (AvgIpc) is 2.92. The van der Waals surface area contributed by atoms with Gasteiger partial charge in [-0.3, -0.25) is 5.32 Å². The summed E-state index contributed by atoms with van der Waals surface area (Å²) in [7, 11) is 0. The average molecular weight is 269 g/mol. The summed E-state index contributed by atoms with van der Waals surface area (Å²) >= 11 is 0. The number of rotatable bonds is 2. The maximum Gasteiger partial charge on any atom is 0.169 e. The monoisotopic (exact) mass is 269 g/mol. The summed E-state index contributed by atoms with van der Waals surface area (Å²) in [5.74, 6) is 4.53. The highest BCUT2D eigenvalue weighted by molar-refractivity contribution is 5.83. The third kappa shape index (κ3) is 2.60. The van der Waals surface area contributed by atoms with Crippen molar-refractivity contribution in [1.29, 1.82) is 0 Å². The van der Waals surface area contributed by atoms with Gasteiger partial charge in [0.15, 0.2) is 17.0 Å². The van der Waals surface area contributed by atoms with Crippen LogP contribution >= 0.6 is 0 Å². The van der Waals surface area contributed by atoms with Crippen molar-refractivity contribution in [2.75, 3.05) is 5.32 Å². The Morgan fingerprint density at radius 2 is 2.10 bits per heavy atom. The zero-order valence-electron chi connectivity index (χ0n) is 11.8. The molecule has 0 aliphatic heterocycles. The fourth-order valence-corrected chi connectivity index (χ4v) is 2.65. The van der Waals surface area contributed by atoms with Crippen LogP contribution in [0.25, 0.3) is 11.2 Å². The third-order valence-corrected chi connectivity index (χ3v) is 3.80. The van der Waals surface area contributed by atoms with Crippen molar-refractivity contribution in [3.05, 3.63) is 12.7 Å². The molecule has 2 aromatic heterocycles. The van der Waals surface area contributed by atoms with Gasteiger partial charge in [-0.15, -0.1) is 0 Å². The first-order chi connectivity index (χ1) is 9.88. The van der Waals surface area contributed by atoms with E-state index in [-0.39, 0.29) is 0 Å². The Balaban J connectivity index is 1.77. The fraction of sp³-hybridized carbons (Fsp3) is 0.533. The fourth-order valence-electron chi connectivity index (χ4n) is 2.65. The molecule has 1 saturated carbocycles. The van der Waals surface area contributed by atoms with E-state index in [9.17, 15) is 0 Å². The molecule has 1 N–H and O–H groups in total. The van der Waals surface area contributed by atoms with Crippen LogP contribution in [0.15, 0.2) is 12.7 Å². The molecule has 2 aromatic rings. The molecular weight excluding hydrogens is 250 g/mol. The topological polar surface area (TPSA) is 55.6 Å². The number of imidazole rings is 1. The largest absolute Gasteiger partial charge is 0.315 e. The molecule has 0 aromatic carbocycles. The van der Waals surface area contributed by atoms with Crippen LogP contribution in [-0.2, 0) is 6.54 Å². The van der Waals surface area contributed by atoms with Gasteiger partial charge in [0.05, 0.1) is 6.33 Å². The van der Waals surface area contributed by atoms with Gasteiger partial charge in [0.25, 0.3) is 0 Å². The van der Waals surface area contributed by atoms with Crippen molar-refractivity contribution in [3.8, 4) is 12.0 Å². The van der Waals surface area contributed by atoms with Crippen LogP contribution in [0, 0.1) is 17.9 Å². The molecule has 1 aliphatic rings. The quantitative estimate of drug-likeness (QED) is 0.673. The summed E-state index contributed by atoms with van der Waals surface area (Å²) in [4.78, 5) is 12.9. The first kappa shape index (κ1) is 12.9. The zero-order valence-corrected chi connectivity index (χ0v) is 11.8. The van der Waals surface area contributed by atoms with E-state index in [4.69, 9.17) is 0 Å². The Hall–Kier alpha value is -2.09. The molecule has 0 amide bonds. The second kappa shape index (κ2) is 5.91. The van der Waals surface area contributed by atoms with E-state index in [0.29, 0.717) is 11.7 Å². The lowest BCUT2D eigenvalue weighted by molar-refractivity contribution is 0.430. The molecule has 0 bridgehead atoms. The van der Waals surface area contributed by atoms with Gasteiger partial charge in [0.1, 0.15) is 6.33 Å². The molecule has 0 atom stereocenters. The van der Waals surface area contributed by atoms with Gasteiger partial charge in [-0.25, -0.2) is 15.0 Å². The molecule has 20 heavy (non-hydrogen) atoms. The molecule has 0 spiro atoms. The molecule has 0 radical (unpaired) electrons. The van der Waals surface area contributed by atoms with E-state index in [0.717, 1.165) is 17.7 Å². The van der Waals surface area contributed by atoms with Gasteiger partial charge >= 0.3 is 0 Å². The Kier molecular flexibility index (Phi) is 3.82. The number of nitrogens with one attached hydrogen (secondary N) is 1. The Labute approximate surface area is 118 Å². The van der Waals surface area contributed by atoms with Crippen LogP contribution in [0.1, 0.15) is 39.0 Å². The minimum atomic E-state index is 0.529. The molecule has 5 heteroatoms. The normalized spacial score (nSPS) is 15.8. The zero-order chi connectivity index (χ0) is 13.8. The van der Waals surface area contributed by atoms with Crippen LogP contribution in [0.3, 0.4) is 0 Å². The Morgan fingerprint density at radius 3 is 2.90 bits per heavy atom. The van der Waals surface area contributed by atoms with E-state index in [1.165, 1.54) is 32.1 Å². The minimum Gasteiger partial charge on any atom is -0.315 e. The predicted octanol–water partition coefficient (Wildman–Crippen LogP) is 2.80. The number of anilines is 1. The highest BCUT2D eigenvalue weighted by Gasteiger charge is 2.10. The van der Waals surface area contributed by atoms with Crippen LogP contribution in [0.2, 0.25) is 0 Å². The van der Waals surface area contributed by atoms with Crippen LogP contribution < -0.4 is 5.32 Å².